The fourth-order valence-corrected chi connectivity index (χ4v) is 1.60. The Morgan fingerprint density at radius 1 is 1.21 bits per heavy atom. The first-order chi connectivity index (χ1) is 6.43. The maximum Gasteiger partial charge on any atom is 0.0543 e. The van der Waals surface area contributed by atoms with E-state index < -0.39 is 0 Å². The quantitative estimate of drug-likeness (QED) is 0.718. The lowest BCUT2D eigenvalue weighted by Crippen LogP contribution is -2.07. The molecule has 2 heteroatoms. The molecule has 1 rings (SSSR count). The fourth-order valence-electron chi connectivity index (χ4n) is 1.60. The summed E-state index contributed by atoms with van der Waals surface area (Å²) in [7, 11) is 6.29. The number of hydrogen-bond donors (Lipinski definition) is 0. The third kappa shape index (κ3) is 2.11. The molecule has 0 N–H and O–H groups in total. The fraction of sp³-hybridized carbons (Fsp3) is 0.667. The lowest BCUT2D eigenvalue weighted by Gasteiger charge is -2.16. The van der Waals surface area contributed by atoms with Gasteiger partial charge in [0, 0.05) is 33.0 Å². The number of aromatic nitrogens is 1. The average Bonchev–Trinajstić information content (AvgIpc) is 2.46. The smallest absolute Gasteiger partial charge is 0.0543 e. The predicted octanol–water partition coefficient (Wildman–Crippen LogP) is 2.85. The Morgan fingerprint density at radius 3 is 2.14 bits per heavy atom. The molecule has 0 aliphatic heterocycles. The van der Waals surface area contributed by atoms with Gasteiger partial charge >= 0.3 is 0 Å². The number of aryl methyl sites for hydroxylation is 1. The van der Waals surface area contributed by atoms with E-state index in [4.69, 9.17) is 0 Å². The summed E-state index contributed by atoms with van der Waals surface area (Å²) in [4.78, 5) is 2.15. The summed E-state index contributed by atoms with van der Waals surface area (Å²) in [5.41, 5.74) is 2.71. The highest BCUT2D eigenvalue weighted by atomic mass is 15.1. The molecule has 0 fully saturated rings. The van der Waals surface area contributed by atoms with Crippen molar-refractivity contribution in [2.24, 2.45) is 13.0 Å². The van der Waals surface area contributed by atoms with Crippen LogP contribution in [0, 0.1) is 5.92 Å². The zero-order chi connectivity index (χ0) is 10.9. The van der Waals surface area contributed by atoms with Crippen LogP contribution >= 0.6 is 0 Å². The molecule has 1 aromatic heterocycles. The molecule has 0 saturated carbocycles. The Labute approximate surface area is 87.5 Å². The minimum absolute atomic E-state index is 0.619. The molecule has 0 spiro atoms. The van der Waals surface area contributed by atoms with Crippen molar-refractivity contribution in [3.8, 4) is 0 Å². The first-order valence-corrected chi connectivity index (χ1v) is 5.27. The van der Waals surface area contributed by atoms with Crippen molar-refractivity contribution in [3.63, 3.8) is 0 Å². The molecule has 0 aromatic carbocycles. The maximum atomic E-state index is 2.29. The number of nitrogens with zero attached hydrogens (tertiary/aromatic N) is 2. The molecule has 1 aromatic rings. The highest BCUT2D eigenvalue weighted by Crippen LogP contribution is 2.27. The lowest BCUT2D eigenvalue weighted by molar-refractivity contribution is 0.510. The maximum absolute atomic E-state index is 2.29. The second-order valence-corrected chi connectivity index (χ2v) is 4.66. The SMILES string of the molecule is CC(C)C(C)c1cc(N(C)C)cn1C. The monoisotopic (exact) mass is 194 g/mol. The van der Waals surface area contributed by atoms with Gasteiger partial charge in [-0.25, -0.2) is 0 Å². The van der Waals surface area contributed by atoms with E-state index in [1.807, 2.05) is 0 Å². The van der Waals surface area contributed by atoms with E-state index in [9.17, 15) is 0 Å². The van der Waals surface area contributed by atoms with E-state index in [1.54, 1.807) is 0 Å². The van der Waals surface area contributed by atoms with Crippen molar-refractivity contribution >= 4 is 5.69 Å². The summed E-state index contributed by atoms with van der Waals surface area (Å²) in [6, 6.07) is 2.28. The Balaban J connectivity index is 2.98. The second-order valence-electron chi connectivity index (χ2n) is 4.66. The molecule has 0 radical (unpaired) electrons. The van der Waals surface area contributed by atoms with Crippen molar-refractivity contribution in [1.29, 1.82) is 0 Å². The van der Waals surface area contributed by atoms with Crippen LogP contribution in [-0.4, -0.2) is 18.7 Å². The third-order valence-electron chi connectivity index (χ3n) is 3.01. The van der Waals surface area contributed by atoms with Gasteiger partial charge in [-0.15, -0.1) is 0 Å². The topological polar surface area (TPSA) is 8.17 Å². The van der Waals surface area contributed by atoms with Gasteiger partial charge in [0.15, 0.2) is 0 Å². The number of rotatable bonds is 3. The first-order valence-electron chi connectivity index (χ1n) is 5.27. The Hall–Kier alpha value is -0.920. The van der Waals surface area contributed by atoms with Crippen LogP contribution in [0.4, 0.5) is 5.69 Å². The van der Waals surface area contributed by atoms with Crippen LogP contribution in [0.1, 0.15) is 32.4 Å². The van der Waals surface area contributed by atoms with Crippen molar-refractivity contribution < 1.29 is 0 Å². The first kappa shape index (κ1) is 11.2. The Kier molecular flexibility index (Phi) is 3.25. The van der Waals surface area contributed by atoms with Crippen LogP contribution in [0.25, 0.3) is 0 Å². The van der Waals surface area contributed by atoms with Gasteiger partial charge in [-0.05, 0) is 17.9 Å². The number of anilines is 1. The molecule has 0 amide bonds. The van der Waals surface area contributed by atoms with E-state index >= 15 is 0 Å². The molecule has 14 heavy (non-hydrogen) atoms. The van der Waals surface area contributed by atoms with E-state index in [0.717, 1.165) is 0 Å². The van der Waals surface area contributed by atoms with Gasteiger partial charge in [0.25, 0.3) is 0 Å². The molecule has 0 aliphatic carbocycles. The zero-order valence-electron chi connectivity index (χ0n) is 10.2. The lowest BCUT2D eigenvalue weighted by atomic mass is 9.95. The van der Waals surface area contributed by atoms with Crippen molar-refractivity contribution in [3.05, 3.63) is 18.0 Å². The molecule has 1 atom stereocenters. The molecule has 0 saturated heterocycles. The van der Waals surface area contributed by atoms with Crippen LogP contribution < -0.4 is 4.90 Å². The Morgan fingerprint density at radius 2 is 1.79 bits per heavy atom. The second kappa shape index (κ2) is 4.07. The predicted molar refractivity (Wildman–Crippen MR) is 63.0 cm³/mol. The number of hydrogen-bond acceptors (Lipinski definition) is 1. The molecule has 0 aliphatic rings. The summed E-state index contributed by atoms with van der Waals surface area (Å²) in [5, 5.41) is 0. The van der Waals surface area contributed by atoms with Gasteiger partial charge in [0.05, 0.1) is 5.69 Å². The summed E-state index contributed by atoms with van der Waals surface area (Å²) < 4.78 is 2.24. The van der Waals surface area contributed by atoms with Crippen molar-refractivity contribution in [2.75, 3.05) is 19.0 Å². The highest BCUT2D eigenvalue weighted by Gasteiger charge is 2.14. The van der Waals surface area contributed by atoms with E-state index in [0.29, 0.717) is 11.8 Å². The van der Waals surface area contributed by atoms with Crippen LogP contribution in [0.2, 0.25) is 0 Å². The average molecular weight is 194 g/mol. The van der Waals surface area contributed by atoms with Gasteiger partial charge in [-0.3, -0.25) is 0 Å². The van der Waals surface area contributed by atoms with Crippen LogP contribution in [-0.2, 0) is 7.05 Å². The molecule has 0 bridgehead atoms. The van der Waals surface area contributed by atoms with Gasteiger partial charge in [0.2, 0.25) is 0 Å². The van der Waals surface area contributed by atoms with E-state index in [-0.39, 0.29) is 0 Å². The van der Waals surface area contributed by atoms with Gasteiger partial charge < -0.3 is 9.47 Å². The minimum Gasteiger partial charge on any atom is -0.376 e. The molecule has 2 nitrogen and oxygen atoms in total. The Bertz CT molecular complexity index is 297. The molecule has 1 unspecified atom stereocenters. The van der Waals surface area contributed by atoms with Gasteiger partial charge in [-0.2, -0.15) is 0 Å². The zero-order valence-corrected chi connectivity index (χ0v) is 10.2. The summed E-state index contributed by atoms with van der Waals surface area (Å²) in [5.74, 6) is 1.31. The van der Waals surface area contributed by atoms with E-state index in [1.165, 1.54) is 11.4 Å². The minimum atomic E-state index is 0.619. The summed E-state index contributed by atoms with van der Waals surface area (Å²) in [6.07, 6.45) is 2.19. The van der Waals surface area contributed by atoms with Crippen LogP contribution in [0.15, 0.2) is 12.3 Å². The largest absolute Gasteiger partial charge is 0.376 e. The normalized spacial score (nSPS) is 13.4. The highest BCUT2D eigenvalue weighted by molar-refractivity contribution is 5.46. The van der Waals surface area contributed by atoms with Crippen LogP contribution in [0.5, 0.6) is 0 Å². The van der Waals surface area contributed by atoms with Crippen molar-refractivity contribution in [1.82, 2.24) is 4.57 Å². The molecular formula is C12H22N2. The molecular weight excluding hydrogens is 172 g/mol. The van der Waals surface area contributed by atoms with E-state index in [2.05, 4.69) is 63.6 Å². The summed E-state index contributed by atoms with van der Waals surface area (Å²) >= 11 is 0. The molecule has 1 heterocycles. The standard InChI is InChI=1S/C12H22N2/c1-9(2)10(3)12-7-11(13(4)5)8-14(12)6/h7-10H,1-6H3. The third-order valence-corrected chi connectivity index (χ3v) is 3.01. The van der Waals surface area contributed by atoms with Crippen LogP contribution in [0.3, 0.4) is 0 Å². The van der Waals surface area contributed by atoms with Crippen molar-refractivity contribution in [2.45, 2.75) is 26.7 Å². The van der Waals surface area contributed by atoms with Gasteiger partial charge in [-0.1, -0.05) is 20.8 Å². The molecule has 80 valence electrons. The van der Waals surface area contributed by atoms with Gasteiger partial charge in [0.1, 0.15) is 0 Å². The summed E-state index contributed by atoms with van der Waals surface area (Å²) in [6.45, 7) is 6.83.